The molecule has 0 saturated carbocycles. The Balaban J connectivity index is 0.00000288. The van der Waals surface area contributed by atoms with E-state index in [9.17, 15) is 4.39 Å². The Kier molecular flexibility index (Phi) is 8.53. The Labute approximate surface area is 159 Å². The van der Waals surface area contributed by atoms with E-state index in [1.54, 1.807) is 26.3 Å². The van der Waals surface area contributed by atoms with Crippen molar-refractivity contribution in [2.75, 3.05) is 14.2 Å². The lowest BCUT2D eigenvalue weighted by atomic mass is 10.1. The average Bonchev–Trinajstić information content (AvgIpc) is 2.56. The Morgan fingerprint density at radius 2 is 1.62 bits per heavy atom. The predicted octanol–water partition coefficient (Wildman–Crippen LogP) is 3.63. The van der Waals surface area contributed by atoms with Crippen LogP contribution in [-0.2, 0) is 13.1 Å². The number of halogens is 2. The van der Waals surface area contributed by atoms with Crippen molar-refractivity contribution in [1.82, 2.24) is 10.6 Å². The van der Waals surface area contributed by atoms with Crippen LogP contribution in [0.15, 0.2) is 47.5 Å². The van der Waals surface area contributed by atoms with Gasteiger partial charge in [-0.1, -0.05) is 24.3 Å². The van der Waals surface area contributed by atoms with Crippen LogP contribution in [0.2, 0.25) is 0 Å². The average molecular weight is 443 g/mol. The standard InChI is InChI=1S/C18H22FN3O.HI/c1-13-10-15(6-9-17(13)23-3)12-22-18(20-2)21-11-14-4-7-16(19)8-5-14;/h4-10H,11-12H2,1-3H3,(H2,20,21,22);1H. The SMILES string of the molecule is CN=C(NCc1ccc(F)cc1)NCc1ccc(OC)c(C)c1.I. The van der Waals surface area contributed by atoms with Gasteiger partial charge in [0.15, 0.2) is 5.96 Å². The largest absolute Gasteiger partial charge is 0.496 e. The third-order valence-corrected chi connectivity index (χ3v) is 3.52. The maximum atomic E-state index is 12.9. The van der Waals surface area contributed by atoms with Crippen molar-refractivity contribution >= 4 is 29.9 Å². The molecular formula is C18H23FIN3O. The van der Waals surface area contributed by atoms with Crippen molar-refractivity contribution in [3.8, 4) is 5.75 Å². The molecule has 130 valence electrons. The second-order valence-electron chi connectivity index (χ2n) is 5.21. The number of hydrogen-bond donors (Lipinski definition) is 2. The summed E-state index contributed by atoms with van der Waals surface area (Å²) in [7, 11) is 3.39. The van der Waals surface area contributed by atoms with Crippen LogP contribution in [0.4, 0.5) is 4.39 Å². The van der Waals surface area contributed by atoms with Crippen molar-refractivity contribution < 1.29 is 9.13 Å². The Morgan fingerprint density at radius 1 is 1.04 bits per heavy atom. The first-order chi connectivity index (χ1) is 11.1. The minimum atomic E-state index is -0.230. The highest BCUT2D eigenvalue weighted by Crippen LogP contribution is 2.18. The molecule has 0 unspecified atom stereocenters. The van der Waals surface area contributed by atoms with E-state index in [2.05, 4.69) is 21.7 Å². The molecule has 0 aliphatic heterocycles. The second kappa shape index (κ2) is 10.1. The van der Waals surface area contributed by atoms with Gasteiger partial charge in [0, 0.05) is 20.1 Å². The van der Waals surface area contributed by atoms with Crippen LogP contribution in [-0.4, -0.2) is 20.1 Å². The van der Waals surface area contributed by atoms with E-state index in [4.69, 9.17) is 4.74 Å². The third-order valence-electron chi connectivity index (χ3n) is 3.52. The Bertz CT molecular complexity index is 674. The lowest BCUT2D eigenvalue weighted by molar-refractivity contribution is 0.411. The zero-order valence-corrected chi connectivity index (χ0v) is 16.4. The van der Waals surface area contributed by atoms with Crippen LogP contribution in [0.25, 0.3) is 0 Å². The fraction of sp³-hybridized carbons (Fsp3) is 0.278. The highest BCUT2D eigenvalue weighted by Gasteiger charge is 2.02. The molecule has 0 bridgehead atoms. The van der Waals surface area contributed by atoms with E-state index in [1.165, 1.54) is 12.1 Å². The molecule has 0 aromatic heterocycles. The maximum absolute atomic E-state index is 12.9. The fourth-order valence-corrected chi connectivity index (χ4v) is 2.24. The van der Waals surface area contributed by atoms with Crippen molar-refractivity contribution in [3.05, 3.63) is 65.0 Å². The van der Waals surface area contributed by atoms with Gasteiger partial charge in [0.25, 0.3) is 0 Å². The monoisotopic (exact) mass is 443 g/mol. The van der Waals surface area contributed by atoms with Gasteiger partial charge in [-0.2, -0.15) is 0 Å². The smallest absolute Gasteiger partial charge is 0.191 e. The van der Waals surface area contributed by atoms with Gasteiger partial charge in [-0.25, -0.2) is 4.39 Å². The number of hydrogen-bond acceptors (Lipinski definition) is 2. The molecule has 0 atom stereocenters. The van der Waals surface area contributed by atoms with E-state index >= 15 is 0 Å². The second-order valence-corrected chi connectivity index (χ2v) is 5.21. The molecule has 2 aromatic rings. The molecule has 6 heteroatoms. The number of ether oxygens (including phenoxy) is 1. The number of methoxy groups -OCH3 is 1. The number of aliphatic imine (C=N–C) groups is 1. The molecule has 2 N–H and O–H groups in total. The fourth-order valence-electron chi connectivity index (χ4n) is 2.24. The van der Waals surface area contributed by atoms with E-state index in [1.807, 2.05) is 19.1 Å². The molecule has 0 aliphatic rings. The van der Waals surface area contributed by atoms with E-state index in [0.717, 1.165) is 22.4 Å². The van der Waals surface area contributed by atoms with Gasteiger partial charge in [0.2, 0.25) is 0 Å². The quantitative estimate of drug-likeness (QED) is 0.422. The molecule has 2 rings (SSSR count). The van der Waals surface area contributed by atoms with E-state index in [0.29, 0.717) is 19.0 Å². The maximum Gasteiger partial charge on any atom is 0.191 e. The summed E-state index contributed by atoms with van der Waals surface area (Å²) in [5, 5.41) is 6.46. The summed E-state index contributed by atoms with van der Waals surface area (Å²) in [5.74, 6) is 1.35. The first kappa shape index (κ1) is 20.2. The molecule has 2 aromatic carbocycles. The molecule has 0 radical (unpaired) electrons. The minimum absolute atomic E-state index is 0. The first-order valence-electron chi connectivity index (χ1n) is 7.45. The van der Waals surface area contributed by atoms with Gasteiger partial charge < -0.3 is 15.4 Å². The summed E-state index contributed by atoms with van der Waals surface area (Å²) in [6.07, 6.45) is 0. The van der Waals surface area contributed by atoms with Crippen molar-refractivity contribution in [3.63, 3.8) is 0 Å². The van der Waals surface area contributed by atoms with Crippen LogP contribution < -0.4 is 15.4 Å². The highest BCUT2D eigenvalue weighted by molar-refractivity contribution is 14.0. The van der Waals surface area contributed by atoms with Gasteiger partial charge in [0.05, 0.1) is 7.11 Å². The summed E-state index contributed by atoms with van der Waals surface area (Å²) in [6, 6.07) is 12.5. The van der Waals surface area contributed by atoms with Gasteiger partial charge in [-0.05, 0) is 41.8 Å². The summed E-state index contributed by atoms with van der Waals surface area (Å²) in [4.78, 5) is 4.19. The summed E-state index contributed by atoms with van der Waals surface area (Å²) < 4.78 is 18.1. The molecule has 0 fully saturated rings. The van der Waals surface area contributed by atoms with Crippen molar-refractivity contribution in [2.24, 2.45) is 4.99 Å². The number of benzene rings is 2. The molecular weight excluding hydrogens is 420 g/mol. The molecule has 0 amide bonds. The summed E-state index contributed by atoms with van der Waals surface area (Å²) >= 11 is 0. The van der Waals surface area contributed by atoms with Crippen LogP contribution in [0.3, 0.4) is 0 Å². The molecule has 0 aliphatic carbocycles. The predicted molar refractivity (Wildman–Crippen MR) is 107 cm³/mol. The van der Waals surface area contributed by atoms with Gasteiger partial charge >= 0.3 is 0 Å². The summed E-state index contributed by atoms with van der Waals surface area (Å²) in [6.45, 7) is 3.26. The Hall–Kier alpha value is -1.83. The molecule has 0 saturated heterocycles. The zero-order valence-electron chi connectivity index (χ0n) is 14.1. The molecule has 4 nitrogen and oxygen atoms in total. The van der Waals surface area contributed by atoms with Crippen molar-refractivity contribution in [1.29, 1.82) is 0 Å². The van der Waals surface area contributed by atoms with E-state index < -0.39 is 0 Å². The Morgan fingerprint density at radius 3 is 2.17 bits per heavy atom. The zero-order chi connectivity index (χ0) is 16.7. The highest BCUT2D eigenvalue weighted by atomic mass is 127. The topological polar surface area (TPSA) is 45.7 Å². The molecule has 24 heavy (non-hydrogen) atoms. The lowest BCUT2D eigenvalue weighted by Gasteiger charge is -2.13. The van der Waals surface area contributed by atoms with Crippen LogP contribution >= 0.6 is 24.0 Å². The minimum Gasteiger partial charge on any atom is -0.496 e. The summed E-state index contributed by atoms with van der Waals surface area (Å²) in [5.41, 5.74) is 3.24. The van der Waals surface area contributed by atoms with Gasteiger partial charge in [-0.15, -0.1) is 24.0 Å². The van der Waals surface area contributed by atoms with Crippen LogP contribution in [0, 0.1) is 12.7 Å². The normalized spacial score (nSPS) is 10.8. The number of aryl methyl sites for hydroxylation is 1. The molecule has 0 heterocycles. The van der Waals surface area contributed by atoms with Crippen LogP contribution in [0.1, 0.15) is 16.7 Å². The number of rotatable bonds is 5. The lowest BCUT2D eigenvalue weighted by Crippen LogP contribution is -2.36. The van der Waals surface area contributed by atoms with Crippen LogP contribution in [0.5, 0.6) is 5.75 Å². The number of guanidine groups is 1. The van der Waals surface area contributed by atoms with Crippen molar-refractivity contribution in [2.45, 2.75) is 20.0 Å². The molecule has 0 spiro atoms. The third kappa shape index (κ3) is 5.99. The van der Waals surface area contributed by atoms with E-state index in [-0.39, 0.29) is 29.8 Å². The van der Waals surface area contributed by atoms with Gasteiger partial charge in [0.1, 0.15) is 11.6 Å². The van der Waals surface area contributed by atoms with Gasteiger partial charge in [-0.3, -0.25) is 4.99 Å². The first-order valence-corrected chi connectivity index (χ1v) is 7.45. The number of nitrogens with zero attached hydrogens (tertiary/aromatic N) is 1. The number of nitrogens with one attached hydrogen (secondary N) is 2.